The van der Waals surface area contributed by atoms with Crippen molar-refractivity contribution < 1.29 is 27.8 Å². The van der Waals surface area contributed by atoms with E-state index in [1.54, 1.807) is 7.05 Å². The minimum Gasteiger partial charge on any atom is -0.494 e. The number of hydrogen-bond donors (Lipinski definition) is 1. The minimum absolute atomic E-state index is 0.163. The second kappa shape index (κ2) is 8.50. The van der Waals surface area contributed by atoms with Crippen LogP contribution in [0.25, 0.3) is 0 Å². The summed E-state index contributed by atoms with van der Waals surface area (Å²) in [5.41, 5.74) is -0.0904. The molecule has 3 rings (SSSR count). The molecule has 0 saturated heterocycles. The Hall–Kier alpha value is -3.76. The fourth-order valence-corrected chi connectivity index (χ4v) is 2.45. The highest BCUT2D eigenvalue weighted by Crippen LogP contribution is 2.32. The number of rotatable bonds is 8. The van der Waals surface area contributed by atoms with E-state index in [1.807, 2.05) is 0 Å². The first kappa shape index (κ1) is 20.0. The van der Waals surface area contributed by atoms with Crippen LogP contribution in [0.4, 0.5) is 20.5 Å². The lowest BCUT2D eigenvalue weighted by Gasteiger charge is -2.13. The number of carbonyl (C=O) groups excluding carboxylic acids is 1. The fraction of sp³-hybridized carbons (Fsp3) is 0.222. The van der Waals surface area contributed by atoms with Gasteiger partial charge >= 0.3 is 0 Å². The van der Waals surface area contributed by atoms with Crippen molar-refractivity contribution in [3.05, 3.63) is 47.4 Å². The molecule has 0 saturated carbocycles. The Labute approximate surface area is 164 Å². The van der Waals surface area contributed by atoms with Gasteiger partial charge in [-0.25, -0.2) is 18.7 Å². The van der Waals surface area contributed by atoms with E-state index in [1.165, 1.54) is 37.4 Å². The highest BCUT2D eigenvalue weighted by atomic mass is 19.1. The molecule has 9 nitrogen and oxygen atoms in total. The molecule has 0 fully saturated rings. The molecule has 0 spiro atoms. The van der Waals surface area contributed by atoms with Crippen molar-refractivity contribution in [1.82, 2.24) is 19.7 Å². The molecule has 1 N–H and O–H groups in total. The van der Waals surface area contributed by atoms with Gasteiger partial charge < -0.3 is 19.5 Å². The Morgan fingerprint density at radius 2 is 1.72 bits per heavy atom. The zero-order chi connectivity index (χ0) is 21.0. The molecule has 11 heteroatoms. The highest BCUT2D eigenvalue weighted by molar-refractivity contribution is 5.74. The Kier molecular flexibility index (Phi) is 5.86. The zero-order valence-corrected chi connectivity index (χ0v) is 15.8. The van der Waals surface area contributed by atoms with Crippen molar-refractivity contribution in [3.8, 4) is 17.2 Å². The normalized spacial score (nSPS) is 10.5. The molecule has 29 heavy (non-hydrogen) atoms. The summed E-state index contributed by atoms with van der Waals surface area (Å²) in [4.78, 5) is 18.9. The first-order valence-corrected chi connectivity index (χ1v) is 8.26. The van der Waals surface area contributed by atoms with E-state index in [0.717, 1.165) is 6.07 Å². The molecule has 3 aromatic rings. The number of aryl methyl sites for hydroxylation is 1. The molecule has 0 unspecified atom stereocenters. The number of ether oxygens (including phenoxy) is 3. The molecule has 0 atom stereocenters. The van der Waals surface area contributed by atoms with Crippen molar-refractivity contribution in [2.45, 2.75) is 6.61 Å². The van der Waals surface area contributed by atoms with Crippen LogP contribution in [0.1, 0.15) is 16.1 Å². The Morgan fingerprint density at radius 3 is 2.24 bits per heavy atom. The predicted molar refractivity (Wildman–Crippen MR) is 97.7 cm³/mol. The summed E-state index contributed by atoms with van der Waals surface area (Å²) in [6, 6.07) is 2.65. The molecule has 2 aromatic heterocycles. The standard InChI is InChI=1S/C18H17F2N5O4/c1-25-15(4-10(8-26)24-25)23-18-21-6-11(7-22-18)29-9-12-16(19)13(27-2)5-14(28-3)17(12)20/h4-8H,9H2,1-3H3,(H,21,22,23). The molecule has 0 radical (unpaired) electrons. The molecular weight excluding hydrogens is 388 g/mol. The fourth-order valence-electron chi connectivity index (χ4n) is 2.45. The summed E-state index contributed by atoms with van der Waals surface area (Å²) in [5.74, 6) is -1.17. The zero-order valence-electron chi connectivity index (χ0n) is 15.8. The van der Waals surface area contributed by atoms with Crippen molar-refractivity contribution >= 4 is 18.1 Å². The molecule has 0 amide bonds. The van der Waals surface area contributed by atoms with E-state index < -0.39 is 18.2 Å². The number of nitrogens with zero attached hydrogens (tertiary/aromatic N) is 4. The number of carbonyl (C=O) groups is 1. The smallest absolute Gasteiger partial charge is 0.228 e. The first-order chi connectivity index (χ1) is 14.0. The van der Waals surface area contributed by atoms with E-state index in [-0.39, 0.29) is 34.5 Å². The average Bonchev–Trinajstić information content (AvgIpc) is 3.09. The highest BCUT2D eigenvalue weighted by Gasteiger charge is 2.20. The summed E-state index contributed by atoms with van der Waals surface area (Å²) in [7, 11) is 4.18. The third-order valence-electron chi connectivity index (χ3n) is 3.94. The summed E-state index contributed by atoms with van der Waals surface area (Å²) in [5, 5.41) is 6.85. The third-order valence-corrected chi connectivity index (χ3v) is 3.94. The molecule has 0 aliphatic rings. The van der Waals surface area contributed by atoms with Crippen LogP contribution in [0.3, 0.4) is 0 Å². The molecule has 0 aliphatic carbocycles. The van der Waals surface area contributed by atoms with Crippen molar-refractivity contribution in [2.24, 2.45) is 7.05 Å². The van der Waals surface area contributed by atoms with Gasteiger partial charge in [-0.2, -0.15) is 5.10 Å². The monoisotopic (exact) mass is 405 g/mol. The third kappa shape index (κ3) is 4.23. The van der Waals surface area contributed by atoms with Gasteiger partial charge in [-0.1, -0.05) is 0 Å². The number of aromatic nitrogens is 4. The van der Waals surface area contributed by atoms with Gasteiger partial charge in [0.05, 0.1) is 32.2 Å². The summed E-state index contributed by atoms with van der Waals surface area (Å²) in [6.07, 6.45) is 3.29. The lowest BCUT2D eigenvalue weighted by molar-refractivity contribution is 0.111. The quantitative estimate of drug-likeness (QED) is 0.571. The average molecular weight is 405 g/mol. The van der Waals surface area contributed by atoms with Crippen LogP contribution in [-0.4, -0.2) is 40.3 Å². The van der Waals surface area contributed by atoms with Gasteiger partial charge in [-0.05, 0) is 0 Å². The maximum atomic E-state index is 14.4. The van der Waals surface area contributed by atoms with Gasteiger partial charge in [0.2, 0.25) is 5.95 Å². The van der Waals surface area contributed by atoms with E-state index in [0.29, 0.717) is 12.1 Å². The predicted octanol–water partition coefficient (Wildman–Crippen LogP) is 2.64. The maximum Gasteiger partial charge on any atom is 0.228 e. The van der Waals surface area contributed by atoms with Gasteiger partial charge in [0.15, 0.2) is 35.2 Å². The van der Waals surface area contributed by atoms with Crippen molar-refractivity contribution in [1.29, 1.82) is 0 Å². The molecule has 1 aromatic carbocycles. The van der Waals surface area contributed by atoms with Crippen LogP contribution in [0.5, 0.6) is 17.2 Å². The van der Waals surface area contributed by atoms with Crippen LogP contribution in [0.15, 0.2) is 24.5 Å². The summed E-state index contributed by atoms with van der Waals surface area (Å²) >= 11 is 0. The first-order valence-electron chi connectivity index (χ1n) is 8.26. The van der Waals surface area contributed by atoms with Crippen molar-refractivity contribution in [3.63, 3.8) is 0 Å². The van der Waals surface area contributed by atoms with Gasteiger partial charge in [0, 0.05) is 19.2 Å². The number of halogens is 2. The van der Waals surface area contributed by atoms with Crippen LogP contribution < -0.4 is 19.5 Å². The SMILES string of the molecule is COc1cc(OC)c(F)c(COc2cnc(Nc3cc(C=O)nn3C)nc2)c1F. The second-order valence-corrected chi connectivity index (χ2v) is 5.74. The molecular formula is C18H17F2N5O4. The lowest BCUT2D eigenvalue weighted by Crippen LogP contribution is -2.07. The van der Waals surface area contributed by atoms with E-state index in [4.69, 9.17) is 14.2 Å². The molecule has 2 heterocycles. The van der Waals surface area contributed by atoms with Crippen LogP contribution in [-0.2, 0) is 13.7 Å². The molecule has 152 valence electrons. The van der Waals surface area contributed by atoms with Gasteiger partial charge in [-0.15, -0.1) is 0 Å². The lowest BCUT2D eigenvalue weighted by atomic mass is 10.1. The minimum atomic E-state index is -0.882. The molecule has 0 aliphatic heterocycles. The van der Waals surface area contributed by atoms with Gasteiger partial charge in [0.25, 0.3) is 0 Å². The van der Waals surface area contributed by atoms with Crippen LogP contribution in [0, 0.1) is 11.6 Å². The topological polar surface area (TPSA) is 100 Å². The summed E-state index contributed by atoms with van der Waals surface area (Å²) in [6.45, 7) is -0.425. The number of methoxy groups -OCH3 is 2. The van der Waals surface area contributed by atoms with Gasteiger partial charge in [0.1, 0.15) is 18.1 Å². The van der Waals surface area contributed by atoms with Crippen LogP contribution in [0.2, 0.25) is 0 Å². The van der Waals surface area contributed by atoms with E-state index in [2.05, 4.69) is 20.4 Å². The van der Waals surface area contributed by atoms with Crippen LogP contribution >= 0.6 is 0 Å². The number of aldehydes is 1. The van der Waals surface area contributed by atoms with Crippen molar-refractivity contribution in [2.75, 3.05) is 19.5 Å². The number of hydrogen-bond acceptors (Lipinski definition) is 8. The second-order valence-electron chi connectivity index (χ2n) is 5.74. The van der Waals surface area contributed by atoms with Gasteiger partial charge in [-0.3, -0.25) is 9.48 Å². The Morgan fingerprint density at radius 1 is 1.10 bits per heavy atom. The summed E-state index contributed by atoms with van der Waals surface area (Å²) < 4.78 is 45.3. The van der Waals surface area contributed by atoms with E-state index >= 15 is 0 Å². The maximum absolute atomic E-state index is 14.4. The Balaban J connectivity index is 1.72. The number of anilines is 2. The Bertz CT molecular complexity index is 996. The van der Waals surface area contributed by atoms with E-state index in [9.17, 15) is 13.6 Å². The number of nitrogens with one attached hydrogen (secondary N) is 1. The molecule has 0 bridgehead atoms. The largest absolute Gasteiger partial charge is 0.494 e. The number of benzene rings is 1.